The highest BCUT2D eigenvalue weighted by molar-refractivity contribution is 7.82. The lowest BCUT2D eigenvalue weighted by Gasteiger charge is -2.22. The van der Waals surface area contributed by atoms with E-state index in [1.807, 2.05) is 0 Å². The lowest BCUT2D eigenvalue weighted by atomic mass is 10.3. The number of unbranched alkanes of at least 4 members (excludes halogenated alkanes) is 4. The molecule has 0 aliphatic heterocycles. The third-order valence-corrected chi connectivity index (χ3v) is 2.63. The van der Waals surface area contributed by atoms with Gasteiger partial charge in [-0.25, -0.2) is 0 Å². The number of rotatable bonds is 11. The highest BCUT2D eigenvalue weighted by Gasteiger charge is 2.26. The molecule has 0 fully saturated rings. The van der Waals surface area contributed by atoms with Gasteiger partial charge in [-0.1, -0.05) is 39.5 Å². The summed E-state index contributed by atoms with van der Waals surface area (Å²) in [4.78, 5) is 10.8. The summed E-state index contributed by atoms with van der Waals surface area (Å²) in [7, 11) is 0. The second kappa shape index (κ2) is 10.1. The van der Waals surface area contributed by atoms with Gasteiger partial charge in [-0.3, -0.25) is 4.79 Å². The maximum Gasteiger partial charge on any atom is 0.274 e. The fraction of sp³-hybridized carbons (Fsp3) is 0.917. The van der Waals surface area contributed by atoms with Crippen LogP contribution in [0.15, 0.2) is 0 Å². The standard InChI is InChI=1S/C12H24O3S/c1-3-5-7-9-14-12(16,11-13)15-10-8-6-4-2/h11,16H,3-10H2,1-2H3. The summed E-state index contributed by atoms with van der Waals surface area (Å²) in [5.74, 6) is 0. The van der Waals surface area contributed by atoms with Crippen molar-refractivity contribution in [1.82, 2.24) is 0 Å². The van der Waals surface area contributed by atoms with Crippen molar-refractivity contribution in [3.63, 3.8) is 0 Å². The summed E-state index contributed by atoms with van der Waals surface area (Å²) in [6.45, 7) is 5.28. The molecule has 0 radical (unpaired) electrons. The van der Waals surface area contributed by atoms with E-state index in [0.29, 0.717) is 19.5 Å². The summed E-state index contributed by atoms with van der Waals surface area (Å²) in [6, 6.07) is 0. The van der Waals surface area contributed by atoms with Crippen LogP contribution < -0.4 is 0 Å². The molecule has 0 aromatic carbocycles. The van der Waals surface area contributed by atoms with Crippen molar-refractivity contribution >= 4 is 18.9 Å². The smallest absolute Gasteiger partial charge is 0.274 e. The van der Waals surface area contributed by atoms with E-state index in [9.17, 15) is 4.79 Å². The highest BCUT2D eigenvalue weighted by Crippen LogP contribution is 2.17. The molecule has 0 aliphatic rings. The second-order valence-corrected chi connectivity index (χ2v) is 4.48. The van der Waals surface area contributed by atoms with E-state index in [1.54, 1.807) is 0 Å². The molecule has 0 atom stereocenters. The van der Waals surface area contributed by atoms with Gasteiger partial charge in [0, 0.05) is 0 Å². The van der Waals surface area contributed by atoms with Gasteiger partial charge in [-0.15, -0.1) is 12.6 Å². The molecule has 0 heterocycles. The van der Waals surface area contributed by atoms with E-state index in [1.165, 1.54) is 0 Å². The van der Waals surface area contributed by atoms with Gasteiger partial charge < -0.3 is 9.47 Å². The largest absolute Gasteiger partial charge is 0.336 e. The molecule has 16 heavy (non-hydrogen) atoms. The van der Waals surface area contributed by atoms with Crippen molar-refractivity contribution in [2.45, 2.75) is 57.5 Å². The average Bonchev–Trinajstić information content (AvgIpc) is 2.31. The number of hydrogen-bond acceptors (Lipinski definition) is 4. The van der Waals surface area contributed by atoms with Crippen LogP contribution in [0.1, 0.15) is 52.4 Å². The number of thiol groups is 1. The van der Waals surface area contributed by atoms with Crippen molar-refractivity contribution in [3.05, 3.63) is 0 Å². The van der Waals surface area contributed by atoms with E-state index in [0.717, 1.165) is 38.5 Å². The molecule has 0 amide bonds. The van der Waals surface area contributed by atoms with Crippen molar-refractivity contribution < 1.29 is 14.3 Å². The molecule has 0 unspecified atom stereocenters. The number of carbonyl (C=O) groups excluding carboxylic acids is 1. The molecule has 0 saturated carbocycles. The number of hydrogen-bond donors (Lipinski definition) is 1. The number of aldehydes is 1. The molecular formula is C12H24O3S. The Bertz CT molecular complexity index is 162. The Morgan fingerprint density at radius 1 is 1.00 bits per heavy atom. The lowest BCUT2D eigenvalue weighted by molar-refractivity contribution is -0.173. The lowest BCUT2D eigenvalue weighted by Crippen LogP contribution is -2.32. The minimum Gasteiger partial charge on any atom is -0.336 e. The molecule has 0 rings (SSSR count). The molecule has 3 nitrogen and oxygen atoms in total. The molecule has 0 bridgehead atoms. The van der Waals surface area contributed by atoms with Gasteiger partial charge in [0.15, 0.2) is 6.29 Å². The maximum absolute atomic E-state index is 10.8. The van der Waals surface area contributed by atoms with Crippen LogP contribution in [-0.2, 0) is 14.3 Å². The summed E-state index contributed by atoms with van der Waals surface area (Å²) >= 11 is 4.11. The predicted molar refractivity (Wildman–Crippen MR) is 68.7 cm³/mol. The van der Waals surface area contributed by atoms with E-state index < -0.39 is 5.12 Å². The van der Waals surface area contributed by atoms with Crippen LogP contribution in [0.3, 0.4) is 0 Å². The fourth-order valence-electron chi connectivity index (χ4n) is 1.25. The van der Waals surface area contributed by atoms with E-state index in [2.05, 4.69) is 26.5 Å². The molecule has 0 aromatic rings. The first-order chi connectivity index (χ1) is 7.68. The monoisotopic (exact) mass is 248 g/mol. The van der Waals surface area contributed by atoms with Gasteiger partial charge in [0.05, 0.1) is 13.2 Å². The minimum absolute atomic E-state index is 0.518. The zero-order valence-corrected chi connectivity index (χ0v) is 11.3. The Kier molecular flexibility index (Phi) is 10.1. The number of ether oxygens (including phenoxy) is 2. The normalized spacial score (nSPS) is 11.7. The fourth-order valence-corrected chi connectivity index (χ4v) is 1.43. The van der Waals surface area contributed by atoms with Crippen LogP contribution in [0.2, 0.25) is 0 Å². The summed E-state index contributed by atoms with van der Waals surface area (Å²) in [5.41, 5.74) is 0. The van der Waals surface area contributed by atoms with Crippen LogP contribution in [0.4, 0.5) is 0 Å². The Balaban J connectivity index is 3.68. The minimum atomic E-state index is -1.35. The molecule has 0 aliphatic carbocycles. The Morgan fingerprint density at radius 3 is 1.75 bits per heavy atom. The van der Waals surface area contributed by atoms with E-state index in [4.69, 9.17) is 9.47 Å². The molecular weight excluding hydrogens is 224 g/mol. The number of carbonyl (C=O) groups is 1. The van der Waals surface area contributed by atoms with Crippen LogP contribution >= 0.6 is 12.6 Å². The van der Waals surface area contributed by atoms with Gasteiger partial charge in [0.1, 0.15) is 0 Å². The van der Waals surface area contributed by atoms with Gasteiger partial charge in [-0.2, -0.15) is 0 Å². The first-order valence-electron chi connectivity index (χ1n) is 6.15. The van der Waals surface area contributed by atoms with Crippen LogP contribution in [0, 0.1) is 0 Å². The zero-order valence-electron chi connectivity index (χ0n) is 10.4. The Labute approximate surface area is 104 Å². The van der Waals surface area contributed by atoms with Gasteiger partial charge >= 0.3 is 0 Å². The highest BCUT2D eigenvalue weighted by atomic mass is 32.1. The van der Waals surface area contributed by atoms with Crippen molar-refractivity contribution in [3.8, 4) is 0 Å². The third-order valence-electron chi connectivity index (χ3n) is 2.26. The average molecular weight is 248 g/mol. The third kappa shape index (κ3) is 8.13. The van der Waals surface area contributed by atoms with Crippen molar-refractivity contribution in [2.75, 3.05) is 13.2 Å². The predicted octanol–water partition coefficient (Wildman–Crippen LogP) is 3.18. The topological polar surface area (TPSA) is 35.5 Å². The Morgan fingerprint density at radius 2 is 1.44 bits per heavy atom. The van der Waals surface area contributed by atoms with Crippen molar-refractivity contribution in [2.24, 2.45) is 0 Å². The van der Waals surface area contributed by atoms with Crippen LogP contribution in [0.5, 0.6) is 0 Å². The van der Waals surface area contributed by atoms with Crippen molar-refractivity contribution in [1.29, 1.82) is 0 Å². The van der Waals surface area contributed by atoms with Gasteiger partial charge in [0.2, 0.25) is 0 Å². The van der Waals surface area contributed by atoms with Gasteiger partial charge in [-0.05, 0) is 12.8 Å². The summed E-state index contributed by atoms with van der Waals surface area (Å²) in [6.07, 6.45) is 6.93. The quantitative estimate of drug-likeness (QED) is 0.264. The molecule has 0 N–H and O–H groups in total. The second-order valence-electron chi connectivity index (χ2n) is 3.86. The first kappa shape index (κ1) is 15.9. The molecule has 0 saturated heterocycles. The SMILES string of the molecule is CCCCCOC(S)(C=O)OCCCCC. The molecule has 4 heteroatoms. The zero-order chi connectivity index (χ0) is 12.3. The summed E-state index contributed by atoms with van der Waals surface area (Å²) in [5, 5.41) is -1.35. The molecule has 0 spiro atoms. The maximum atomic E-state index is 10.8. The van der Waals surface area contributed by atoms with E-state index in [-0.39, 0.29) is 0 Å². The first-order valence-corrected chi connectivity index (χ1v) is 6.60. The Hall–Kier alpha value is -0.0600. The van der Waals surface area contributed by atoms with Gasteiger partial charge in [0.25, 0.3) is 5.12 Å². The molecule has 0 aromatic heterocycles. The summed E-state index contributed by atoms with van der Waals surface area (Å²) < 4.78 is 10.7. The van der Waals surface area contributed by atoms with E-state index >= 15 is 0 Å². The van der Waals surface area contributed by atoms with Crippen LogP contribution in [-0.4, -0.2) is 24.6 Å². The van der Waals surface area contributed by atoms with Crippen LogP contribution in [0.25, 0.3) is 0 Å². The molecule has 96 valence electrons.